The molecule has 1 aromatic rings. The Bertz CT molecular complexity index is 654. The highest BCUT2D eigenvalue weighted by atomic mass is 16.3. The van der Waals surface area contributed by atoms with Gasteiger partial charge >= 0.3 is 0 Å². The summed E-state index contributed by atoms with van der Waals surface area (Å²) in [4.78, 5) is 41.1. The van der Waals surface area contributed by atoms with Crippen LogP contribution in [0.1, 0.15) is 50.1 Å². The number of nitrogens with zero attached hydrogens (tertiary/aromatic N) is 2. The molecule has 142 valence electrons. The fourth-order valence-electron chi connectivity index (χ4n) is 3.60. The standard InChI is InChI=1S/C19H27N3O4/c1-19(2,17(24)20-14-6-3-4-7-14)18(25)22-11-9-21(10-12-22)16(23)15-8-5-13-26-15/h5,8,13-14H,3-4,6-7,9-12H2,1-2H3,(H,20,24). The van der Waals surface area contributed by atoms with Gasteiger partial charge in [-0.2, -0.15) is 0 Å². The lowest BCUT2D eigenvalue weighted by atomic mass is 9.89. The predicted molar refractivity (Wildman–Crippen MR) is 95.4 cm³/mol. The van der Waals surface area contributed by atoms with E-state index in [2.05, 4.69) is 5.32 Å². The van der Waals surface area contributed by atoms with Crippen LogP contribution in [-0.2, 0) is 9.59 Å². The first-order valence-corrected chi connectivity index (χ1v) is 9.32. The summed E-state index contributed by atoms with van der Waals surface area (Å²) in [6.45, 7) is 5.08. The molecule has 1 N–H and O–H groups in total. The van der Waals surface area contributed by atoms with Crippen LogP contribution in [0.15, 0.2) is 22.8 Å². The SMILES string of the molecule is CC(C)(C(=O)NC1CCCC1)C(=O)N1CCN(C(=O)c2ccco2)CC1. The minimum absolute atomic E-state index is 0.166. The van der Waals surface area contributed by atoms with Crippen molar-refractivity contribution in [3.8, 4) is 0 Å². The van der Waals surface area contributed by atoms with Crippen molar-refractivity contribution < 1.29 is 18.8 Å². The van der Waals surface area contributed by atoms with Crippen molar-refractivity contribution >= 4 is 17.7 Å². The van der Waals surface area contributed by atoms with Gasteiger partial charge in [0.1, 0.15) is 5.41 Å². The second-order valence-corrected chi connectivity index (χ2v) is 7.64. The van der Waals surface area contributed by atoms with Gasteiger partial charge in [-0.15, -0.1) is 0 Å². The summed E-state index contributed by atoms with van der Waals surface area (Å²) in [5.41, 5.74) is -1.10. The van der Waals surface area contributed by atoms with Crippen LogP contribution in [0.5, 0.6) is 0 Å². The molecule has 3 amide bonds. The summed E-state index contributed by atoms with van der Waals surface area (Å²) in [5.74, 6) is -0.247. The summed E-state index contributed by atoms with van der Waals surface area (Å²) in [6.07, 6.45) is 5.71. The van der Waals surface area contributed by atoms with E-state index in [0.717, 1.165) is 25.7 Å². The molecule has 1 aromatic heterocycles. The van der Waals surface area contributed by atoms with Crippen molar-refractivity contribution in [2.24, 2.45) is 5.41 Å². The number of piperazine rings is 1. The van der Waals surface area contributed by atoms with Crippen molar-refractivity contribution in [1.29, 1.82) is 0 Å². The van der Waals surface area contributed by atoms with Crippen LogP contribution in [-0.4, -0.2) is 59.7 Å². The molecule has 0 radical (unpaired) electrons. The zero-order valence-corrected chi connectivity index (χ0v) is 15.5. The van der Waals surface area contributed by atoms with Crippen LogP contribution in [0, 0.1) is 5.41 Å². The van der Waals surface area contributed by atoms with Gasteiger partial charge in [0.2, 0.25) is 11.8 Å². The van der Waals surface area contributed by atoms with E-state index >= 15 is 0 Å². The molecule has 1 aliphatic heterocycles. The van der Waals surface area contributed by atoms with Crippen molar-refractivity contribution in [3.05, 3.63) is 24.2 Å². The maximum Gasteiger partial charge on any atom is 0.289 e. The Hall–Kier alpha value is -2.31. The average molecular weight is 361 g/mol. The molecule has 7 heteroatoms. The Morgan fingerprint density at radius 2 is 1.69 bits per heavy atom. The van der Waals surface area contributed by atoms with E-state index in [1.165, 1.54) is 6.26 Å². The Kier molecular flexibility index (Phi) is 5.34. The third kappa shape index (κ3) is 3.76. The Labute approximate surface area is 153 Å². The van der Waals surface area contributed by atoms with E-state index in [1.54, 1.807) is 35.8 Å². The first-order chi connectivity index (χ1) is 12.4. The lowest BCUT2D eigenvalue weighted by Gasteiger charge is -2.38. The fraction of sp³-hybridized carbons (Fsp3) is 0.632. The largest absolute Gasteiger partial charge is 0.459 e. The number of carbonyl (C=O) groups is 3. The van der Waals surface area contributed by atoms with Gasteiger partial charge in [-0.1, -0.05) is 12.8 Å². The van der Waals surface area contributed by atoms with Crippen LogP contribution in [0.4, 0.5) is 0 Å². The molecule has 0 unspecified atom stereocenters. The van der Waals surface area contributed by atoms with Crippen molar-refractivity contribution in [2.45, 2.75) is 45.6 Å². The highest BCUT2D eigenvalue weighted by Crippen LogP contribution is 2.24. The summed E-state index contributed by atoms with van der Waals surface area (Å²) in [6, 6.07) is 3.51. The van der Waals surface area contributed by atoms with Crippen LogP contribution in [0.25, 0.3) is 0 Å². The molecule has 0 spiro atoms. The maximum absolute atomic E-state index is 12.9. The maximum atomic E-state index is 12.9. The van der Waals surface area contributed by atoms with Gasteiger partial charge in [-0.25, -0.2) is 0 Å². The molecular weight excluding hydrogens is 334 g/mol. The summed E-state index contributed by atoms with van der Waals surface area (Å²) in [7, 11) is 0. The van der Waals surface area contributed by atoms with E-state index in [9.17, 15) is 14.4 Å². The van der Waals surface area contributed by atoms with Gasteiger partial charge in [0.25, 0.3) is 5.91 Å². The number of furan rings is 1. The second kappa shape index (κ2) is 7.51. The Morgan fingerprint density at radius 1 is 1.08 bits per heavy atom. The zero-order chi connectivity index (χ0) is 18.7. The number of hydrogen-bond donors (Lipinski definition) is 1. The molecule has 0 bridgehead atoms. The molecular formula is C19H27N3O4. The lowest BCUT2D eigenvalue weighted by molar-refractivity contribution is -0.149. The van der Waals surface area contributed by atoms with E-state index < -0.39 is 5.41 Å². The molecule has 0 aromatic carbocycles. The van der Waals surface area contributed by atoms with E-state index in [-0.39, 0.29) is 23.8 Å². The van der Waals surface area contributed by atoms with Crippen molar-refractivity contribution in [3.63, 3.8) is 0 Å². The highest BCUT2D eigenvalue weighted by Gasteiger charge is 2.41. The Morgan fingerprint density at radius 3 is 2.27 bits per heavy atom. The van der Waals surface area contributed by atoms with Gasteiger partial charge in [-0.3, -0.25) is 14.4 Å². The number of amides is 3. The first kappa shape index (κ1) is 18.5. The van der Waals surface area contributed by atoms with Gasteiger partial charge in [0.15, 0.2) is 5.76 Å². The molecule has 1 saturated heterocycles. The second-order valence-electron chi connectivity index (χ2n) is 7.64. The van der Waals surface area contributed by atoms with E-state index in [1.807, 2.05) is 0 Å². The van der Waals surface area contributed by atoms with E-state index in [0.29, 0.717) is 31.9 Å². The Balaban J connectivity index is 1.55. The van der Waals surface area contributed by atoms with Crippen LogP contribution < -0.4 is 5.32 Å². The molecule has 0 atom stereocenters. The third-order valence-electron chi connectivity index (χ3n) is 5.38. The summed E-state index contributed by atoms with van der Waals surface area (Å²) < 4.78 is 5.15. The molecule has 26 heavy (non-hydrogen) atoms. The number of rotatable bonds is 4. The smallest absolute Gasteiger partial charge is 0.289 e. The minimum atomic E-state index is -1.10. The van der Waals surface area contributed by atoms with Crippen LogP contribution in [0.2, 0.25) is 0 Å². The number of hydrogen-bond acceptors (Lipinski definition) is 4. The molecule has 2 aliphatic rings. The van der Waals surface area contributed by atoms with E-state index in [4.69, 9.17) is 4.42 Å². The number of carbonyl (C=O) groups excluding carboxylic acids is 3. The topological polar surface area (TPSA) is 82.9 Å². The quantitative estimate of drug-likeness (QED) is 0.827. The normalized spacial score (nSPS) is 18.8. The van der Waals surface area contributed by atoms with Crippen molar-refractivity contribution in [1.82, 2.24) is 15.1 Å². The van der Waals surface area contributed by atoms with Crippen LogP contribution >= 0.6 is 0 Å². The van der Waals surface area contributed by atoms with Gasteiger partial charge in [0.05, 0.1) is 6.26 Å². The molecule has 1 saturated carbocycles. The third-order valence-corrected chi connectivity index (χ3v) is 5.38. The minimum Gasteiger partial charge on any atom is -0.459 e. The zero-order valence-electron chi connectivity index (χ0n) is 15.5. The fourth-order valence-corrected chi connectivity index (χ4v) is 3.60. The average Bonchev–Trinajstić information content (AvgIpc) is 3.34. The van der Waals surface area contributed by atoms with Gasteiger partial charge < -0.3 is 19.5 Å². The highest BCUT2D eigenvalue weighted by molar-refractivity contribution is 6.04. The number of nitrogens with one attached hydrogen (secondary N) is 1. The van der Waals surface area contributed by atoms with Gasteiger partial charge in [0, 0.05) is 32.2 Å². The molecule has 3 rings (SSSR count). The predicted octanol–water partition coefficient (Wildman–Crippen LogP) is 1.65. The summed E-state index contributed by atoms with van der Waals surface area (Å²) in [5, 5.41) is 3.02. The monoisotopic (exact) mass is 361 g/mol. The summed E-state index contributed by atoms with van der Waals surface area (Å²) >= 11 is 0. The first-order valence-electron chi connectivity index (χ1n) is 9.32. The lowest BCUT2D eigenvalue weighted by Crippen LogP contribution is -2.56. The molecule has 2 heterocycles. The van der Waals surface area contributed by atoms with Gasteiger partial charge in [-0.05, 0) is 38.8 Å². The van der Waals surface area contributed by atoms with Crippen LogP contribution in [0.3, 0.4) is 0 Å². The molecule has 1 aliphatic carbocycles. The molecule has 2 fully saturated rings. The van der Waals surface area contributed by atoms with Crippen molar-refractivity contribution in [2.75, 3.05) is 26.2 Å². The molecule has 7 nitrogen and oxygen atoms in total.